The summed E-state index contributed by atoms with van der Waals surface area (Å²) in [6.07, 6.45) is 4.33. The maximum atomic E-state index is 10.9. The Labute approximate surface area is 138 Å². The van der Waals surface area contributed by atoms with E-state index in [2.05, 4.69) is 20.3 Å². The Hall–Kier alpha value is -0.130. The first-order valence-electron chi connectivity index (χ1n) is 6.52. The molecule has 120 valence electrons. The molecule has 0 radical (unpaired) electrons. The molecule has 0 bridgehead atoms. The van der Waals surface area contributed by atoms with Crippen LogP contribution in [0.1, 0.15) is 19.3 Å². The third-order valence-electron chi connectivity index (χ3n) is 2.76. The van der Waals surface area contributed by atoms with Crippen molar-refractivity contribution >= 4 is 40.0 Å². The lowest BCUT2D eigenvalue weighted by molar-refractivity contribution is 0.114. The van der Waals surface area contributed by atoms with Crippen LogP contribution >= 0.6 is 24.0 Å². The minimum atomic E-state index is -3.09. The van der Waals surface area contributed by atoms with Crippen molar-refractivity contribution in [3.8, 4) is 0 Å². The maximum Gasteiger partial charge on any atom is 0.208 e. The smallest absolute Gasteiger partial charge is 0.208 e. The van der Waals surface area contributed by atoms with Gasteiger partial charge in [-0.15, -0.1) is 24.0 Å². The van der Waals surface area contributed by atoms with Crippen LogP contribution in [-0.2, 0) is 14.8 Å². The molecule has 0 aromatic carbocycles. The Balaban J connectivity index is 0.00000361. The molecule has 0 aromatic rings. The minimum Gasteiger partial charge on any atom is -0.376 e. The van der Waals surface area contributed by atoms with Gasteiger partial charge in [-0.2, -0.15) is 0 Å². The molecule has 0 aromatic heterocycles. The zero-order chi connectivity index (χ0) is 14.1. The molecule has 1 aliphatic heterocycles. The summed E-state index contributed by atoms with van der Waals surface area (Å²) in [4.78, 5) is 4.10. The van der Waals surface area contributed by atoms with E-state index in [4.69, 9.17) is 4.74 Å². The first-order valence-corrected chi connectivity index (χ1v) is 8.41. The topological polar surface area (TPSA) is 91.8 Å². The number of rotatable bonds is 7. The highest BCUT2D eigenvalue weighted by atomic mass is 127. The molecule has 1 heterocycles. The van der Waals surface area contributed by atoms with Gasteiger partial charge in [0, 0.05) is 33.3 Å². The van der Waals surface area contributed by atoms with Crippen molar-refractivity contribution in [2.45, 2.75) is 25.4 Å². The van der Waals surface area contributed by atoms with Crippen LogP contribution in [0.3, 0.4) is 0 Å². The highest BCUT2D eigenvalue weighted by molar-refractivity contribution is 14.0. The van der Waals surface area contributed by atoms with E-state index in [0.29, 0.717) is 19.5 Å². The Morgan fingerprint density at radius 2 is 2.10 bits per heavy atom. The number of halogens is 1. The predicted molar refractivity (Wildman–Crippen MR) is 91.2 cm³/mol. The molecular formula is C11H25IN4O3S. The second-order valence-electron chi connectivity index (χ2n) is 4.53. The van der Waals surface area contributed by atoms with Crippen LogP contribution in [0.2, 0.25) is 0 Å². The van der Waals surface area contributed by atoms with Crippen molar-refractivity contribution in [3.05, 3.63) is 0 Å². The van der Waals surface area contributed by atoms with Crippen LogP contribution in [0.4, 0.5) is 0 Å². The number of hydrogen-bond acceptors (Lipinski definition) is 4. The Morgan fingerprint density at radius 1 is 1.35 bits per heavy atom. The molecule has 1 unspecified atom stereocenters. The normalized spacial score (nSPS) is 19.5. The molecule has 1 saturated heterocycles. The molecule has 7 nitrogen and oxygen atoms in total. The summed E-state index contributed by atoms with van der Waals surface area (Å²) in [7, 11) is -1.38. The van der Waals surface area contributed by atoms with Crippen LogP contribution < -0.4 is 15.4 Å². The number of hydrogen-bond donors (Lipinski definition) is 3. The fourth-order valence-electron chi connectivity index (χ4n) is 1.79. The van der Waals surface area contributed by atoms with E-state index in [0.717, 1.165) is 38.2 Å². The van der Waals surface area contributed by atoms with Crippen LogP contribution in [0.25, 0.3) is 0 Å². The second kappa shape index (κ2) is 10.6. The molecular weight excluding hydrogens is 395 g/mol. The lowest BCUT2D eigenvalue weighted by Gasteiger charge is -2.14. The lowest BCUT2D eigenvalue weighted by atomic mass is 10.2. The van der Waals surface area contributed by atoms with Crippen molar-refractivity contribution in [1.29, 1.82) is 0 Å². The van der Waals surface area contributed by atoms with E-state index >= 15 is 0 Å². The molecule has 1 rings (SSSR count). The molecule has 0 saturated carbocycles. The molecule has 1 atom stereocenters. The van der Waals surface area contributed by atoms with Crippen molar-refractivity contribution in [1.82, 2.24) is 15.4 Å². The lowest BCUT2D eigenvalue weighted by Crippen LogP contribution is -2.41. The van der Waals surface area contributed by atoms with Gasteiger partial charge in [0.2, 0.25) is 10.0 Å². The van der Waals surface area contributed by atoms with E-state index in [9.17, 15) is 8.42 Å². The molecule has 0 amide bonds. The molecule has 0 aliphatic carbocycles. The van der Waals surface area contributed by atoms with E-state index in [1.54, 1.807) is 7.05 Å². The summed E-state index contributed by atoms with van der Waals surface area (Å²) in [6, 6.07) is 0. The molecule has 9 heteroatoms. The van der Waals surface area contributed by atoms with E-state index in [1.807, 2.05) is 0 Å². The number of nitrogens with one attached hydrogen (secondary N) is 3. The predicted octanol–water partition coefficient (Wildman–Crippen LogP) is -0.112. The highest BCUT2D eigenvalue weighted by Gasteiger charge is 2.15. The van der Waals surface area contributed by atoms with Gasteiger partial charge in [-0.25, -0.2) is 13.1 Å². The number of ether oxygens (including phenoxy) is 1. The maximum absolute atomic E-state index is 10.9. The zero-order valence-corrected chi connectivity index (χ0v) is 15.2. The average molecular weight is 420 g/mol. The van der Waals surface area contributed by atoms with Gasteiger partial charge in [-0.05, 0) is 19.3 Å². The summed E-state index contributed by atoms with van der Waals surface area (Å²) >= 11 is 0. The van der Waals surface area contributed by atoms with Gasteiger partial charge in [0.05, 0.1) is 12.4 Å². The molecule has 1 aliphatic rings. The molecule has 20 heavy (non-hydrogen) atoms. The van der Waals surface area contributed by atoms with Crippen LogP contribution in [0.15, 0.2) is 4.99 Å². The molecule has 3 N–H and O–H groups in total. The first kappa shape index (κ1) is 19.9. The van der Waals surface area contributed by atoms with Gasteiger partial charge >= 0.3 is 0 Å². The van der Waals surface area contributed by atoms with Gasteiger partial charge in [0.25, 0.3) is 0 Å². The highest BCUT2D eigenvalue weighted by Crippen LogP contribution is 2.10. The zero-order valence-electron chi connectivity index (χ0n) is 12.0. The Bertz CT molecular complexity index is 383. The van der Waals surface area contributed by atoms with Crippen molar-refractivity contribution < 1.29 is 13.2 Å². The minimum absolute atomic E-state index is 0. The van der Waals surface area contributed by atoms with Crippen molar-refractivity contribution in [3.63, 3.8) is 0 Å². The third-order valence-corrected chi connectivity index (χ3v) is 3.48. The number of sulfonamides is 1. The van der Waals surface area contributed by atoms with Crippen LogP contribution in [-0.4, -0.2) is 60.0 Å². The van der Waals surface area contributed by atoms with E-state index < -0.39 is 10.0 Å². The standard InChI is InChI=1S/C11H24N4O3S.HI/c1-12-11(14-9-10-5-3-8-18-10)13-6-4-7-15-19(2,16)17;/h10,15H,3-9H2,1-2H3,(H2,12,13,14);1H. The largest absolute Gasteiger partial charge is 0.376 e. The monoisotopic (exact) mass is 420 g/mol. The number of nitrogens with zero attached hydrogens (tertiary/aromatic N) is 1. The van der Waals surface area contributed by atoms with Gasteiger partial charge in [0.1, 0.15) is 0 Å². The van der Waals surface area contributed by atoms with E-state index in [1.165, 1.54) is 0 Å². The fourth-order valence-corrected chi connectivity index (χ4v) is 2.30. The first-order chi connectivity index (χ1) is 9.01. The van der Waals surface area contributed by atoms with Crippen LogP contribution in [0.5, 0.6) is 0 Å². The third kappa shape index (κ3) is 9.72. The van der Waals surface area contributed by atoms with Crippen LogP contribution in [0, 0.1) is 0 Å². The summed E-state index contributed by atoms with van der Waals surface area (Å²) in [5, 5.41) is 6.32. The Kier molecular flexibility index (Phi) is 10.5. The van der Waals surface area contributed by atoms with Gasteiger partial charge in [0.15, 0.2) is 5.96 Å². The number of guanidine groups is 1. The fraction of sp³-hybridized carbons (Fsp3) is 0.909. The Morgan fingerprint density at radius 3 is 2.65 bits per heavy atom. The average Bonchev–Trinajstić information content (AvgIpc) is 2.84. The SMILES string of the molecule is CN=C(NCCCNS(C)(=O)=O)NCC1CCCO1.I. The summed E-state index contributed by atoms with van der Waals surface area (Å²) in [5.74, 6) is 0.717. The number of aliphatic imine (C=N–C) groups is 1. The summed E-state index contributed by atoms with van der Waals surface area (Å²) in [6.45, 7) is 2.68. The van der Waals surface area contributed by atoms with Crippen molar-refractivity contribution in [2.75, 3.05) is 39.5 Å². The van der Waals surface area contributed by atoms with Crippen molar-refractivity contribution in [2.24, 2.45) is 4.99 Å². The quantitative estimate of drug-likeness (QED) is 0.231. The van der Waals surface area contributed by atoms with Gasteiger partial charge in [-0.3, -0.25) is 4.99 Å². The second-order valence-corrected chi connectivity index (χ2v) is 6.37. The van der Waals surface area contributed by atoms with E-state index in [-0.39, 0.29) is 30.1 Å². The van der Waals surface area contributed by atoms with Gasteiger partial charge in [-0.1, -0.05) is 0 Å². The molecule has 0 spiro atoms. The summed E-state index contributed by atoms with van der Waals surface area (Å²) < 4.78 is 29.7. The van der Waals surface area contributed by atoms with Gasteiger partial charge < -0.3 is 15.4 Å². The molecule has 1 fully saturated rings. The summed E-state index contributed by atoms with van der Waals surface area (Å²) in [5.41, 5.74) is 0.